The zero-order valence-corrected chi connectivity index (χ0v) is 12.6. The number of para-hydroxylation sites is 1. The number of nitrogens with zero attached hydrogens (tertiary/aromatic N) is 1. The fourth-order valence-corrected chi connectivity index (χ4v) is 4.14. The summed E-state index contributed by atoms with van der Waals surface area (Å²) in [6, 6.07) is 10.5. The van der Waals surface area contributed by atoms with Crippen molar-refractivity contribution in [2.75, 3.05) is 19.6 Å². The van der Waals surface area contributed by atoms with E-state index < -0.39 is 0 Å². The van der Waals surface area contributed by atoms with Gasteiger partial charge in [-0.1, -0.05) is 37.5 Å². The van der Waals surface area contributed by atoms with Gasteiger partial charge in [0.15, 0.2) is 0 Å². The van der Waals surface area contributed by atoms with E-state index in [1.165, 1.54) is 37.5 Å². The molecule has 2 heterocycles. The predicted molar refractivity (Wildman–Crippen MR) is 85.3 cm³/mol. The van der Waals surface area contributed by atoms with Crippen LogP contribution in [0, 0.1) is 0 Å². The molecule has 112 valence electrons. The van der Waals surface area contributed by atoms with Crippen LogP contribution in [0.1, 0.15) is 37.9 Å². The molecule has 2 fully saturated rings. The average Bonchev–Trinajstić information content (AvgIpc) is 2.93. The number of piperazine rings is 1. The largest absolute Gasteiger partial charge is 0.460 e. The number of benzene rings is 1. The van der Waals surface area contributed by atoms with E-state index in [9.17, 15) is 0 Å². The van der Waals surface area contributed by atoms with Crippen LogP contribution in [0.5, 0.6) is 0 Å². The molecule has 1 aromatic heterocycles. The zero-order valence-electron chi connectivity index (χ0n) is 12.6. The molecule has 1 aliphatic carbocycles. The minimum atomic E-state index is 0.371. The lowest BCUT2D eigenvalue weighted by molar-refractivity contribution is 0.0164. The highest BCUT2D eigenvalue weighted by molar-refractivity contribution is 5.77. The number of fused-ring (bicyclic) bond motifs is 1. The molecular weight excluding hydrogens is 260 g/mol. The molecule has 0 atom stereocenters. The van der Waals surface area contributed by atoms with Crippen LogP contribution in [0.4, 0.5) is 0 Å². The van der Waals surface area contributed by atoms with Crippen molar-refractivity contribution in [2.24, 2.45) is 0 Å². The van der Waals surface area contributed by atoms with Crippen LogP contribution in [0.25, 0.3) is 11.0 Å². The van der Waals surface area contributed by atoms with Gasteiger partial charge < -0.3 is 9.73 Å². The fraction of sp³-hybridized carbons (Fsp3) is 0.556. The van der Waals surface area contributed by atoms with E-state index in [1.54, 1.807) is 0 Å². The smallest absolute Gasteiger partial charge is 0.134 e. The van der Waals surface area contributed by atoms with Gasteiger partial charge in [0.05, 0.1) is 6.54 Å². The Morgan fingerprint density at radius 2 is 2.00 bits per heavy atom. The van der Waals surface area contributed by atoms with Gasteiger partial charge in [0.1, 0.15) is 11.3 Å². The van der Waals surface area contributed by atoms with Gasteiger partial charge in [-0.2, -0.15) is 0 Å². The maximum Gasteiger partial charge on any atom is 0.134 e. The third-order valence-electron chi connectivity index (χ3n) is 5.29. The molecule has 1 N–H and O–H groups in total. The summed E-state index contributed by atoms with van der Waals surface area (Å²) >= 11 is 0. The number of hydrogen-bond acceptors (Lipinski definition) is 3. The van der Waals surface area contributed by atoms with Crippen LogP contribution in [0.2, 0.25) is 0 Å². The van der Waals surface area contributed by atoms with Gasteiger partial charge >= 0.3 is 0 Å². The van der Waals surface area contributed by atoms with Crippen molar-refractivity contribution in [1.82, 2.24) is 10.2 Å². The molecule has 2 aromatic rings. The van der Waals surface area contributed by atoms with Crippen LogP contribution in [-0.2, 0) is 6.54 Å². The predicted octanol–water partition coefficient (Wildman–Crippen LogP) is 3.54. The second-order valence-corrected chi connectivity index (χ2v) is 6.63. The third kappa shape index (κ3) is 2.49. The van der Waals surface area contributed by atoms with Crippen molar-refractivity contribution in [2.45, 2.75) is 44.2 Å². The van der Waals surface area contributed by atoms with Crippen molar-refractivity contribution < 1.29 is 4.42 Å². The van der Waals surface area contributed by atoms with Crippen molar-refractivity contribution in [3.63, 3.8) is 0 Å². The molecule has 3 nitrogen and oxygen atoms in total. The summed E-state index contributed by atoms with van der Waals surface area (Å²) in [5.41, 5.74) is 1.38. The van der Waals surface area contributed by atoms with E-state index in [1.807, 2.05) is 6.07 Å². The van der Waals surface area contributed by atoms with Gasteiger partial charge in [-0.15, -0.1) is 0 Å². The monoisotopic (exact) mass is 284 g/mol. The Bertz CT molecular complexity index is 571. The van der Waals surface area contributed by atoms with Gasteiger partial charge in [0, 0.05) is 30.6 Å². The average molecular weight is 284 g/mol. The summed E-state index contributed by atoms with van der Waals surface area (Å²) in [7, 11) is 0. The van der Waals surface area contributed by atoms with E-state index in [0.717, 1.165) is 37.5 Å². The summed E-state index contributed by atoms with van der Waals surface area (Å²) in [6.07, 6.45) is 6.82. The molecule has 1 saturated carbocycles. The minimum absolute atomic E-state index is 0.371. The molecule has 1 aliphatic heterocycles. The van der Waals surface area contributed by atoms with Crippen molar-refractivity contribution >= 4 is 11.0 Å². The Labute approximate surface area is 126 Å². The molecule has 0 radical (unpaired) electrons. The van der Waals surface area contributed by atoms with E-state index >= 15 is 0 Å². The number of hydrogen-bond donors (Lipinski definition) is 1. The van der Waals surface area contributed by atoms with Gasteiger partial charge in [0.25, 0.3) is 0 Å². The summed E-state index contributed by atoms with van der Waals surface area (Å²) in [4.78, 5) is 2.68. The SMILES string of the molecule is c1ccc2oc(CN3CCNCC34CCCCC4)cc2c1. The van der Waals surface area contributed by atoms with Gasteiger partial charge in [-0.3, -0.25) is 4.90 Å². The summed E-state index contributed by atoms with van der Waals surface area (Å²) in [5, 5.41) is 4.84. The summed E-state index contributed by atoms with van der Waals surface area (Å²) < 4.78 is 6.04. The van der Waals surface area contributed by atoms with E-state index in [-0.39, 0.29) is 0 Å². The molecule has 1 saturated heterocycles. The quantitative estimate of drug-likeness (QED) is 0.914. The number of rotatable bonds is 2. The van der Waals surface area contributed by atoms with Crippen molar-refractivity contribution in [3.8, 4) is 0 Å². The first-order valence-electron chi connectivity index (χ1n) is 8.29. The first-order valence-corrected chi connectivity index (χ1v) is 8.29. The molecule has 1 aromatic carbocycles. The van der Waals surface area contributed by atoms with Crippen molar-refractivity contribution in [1.29, 1.82) is 0 Å². The molecule has 0 amide bonds. The lowest BCUT2D eigenvalue weighted by Crippen LogP contribution is -2.61. The van der Waals surface area contributed by atoms with Gasteiger partial charge in [-0.25, -0.2) is 0 Å². The van der Waals surface area contributed by atoms with Crippen LogP contribution >= 0.6 is 0 Å². The van der Waals surface area contributed by atoms with Crippen LogP contribution in [0.3, 0.4) is 0 Å². The fourth-order valence-electron chi connectivity index (χ4n) is 4.14. The highest BCUT2D eigenvalue weighted by Gasteiger charge is 2.39. The number of furan rings is 1. The maximum atomic E-state index is 6.04. The topological polar surface area (TPSA) is 28.4 Å². The molecule has 4 rings (SSSR count). The molecule has 3 heteroatoms. The minimum Gasteiger partial charge on any atom is -0.460 e. The van der Waals surface area contributed by atoms with Crippen molar-refractivity contribution in [3.05, 3.63) is 36.1 Å². The third-order valence-corrected chi connectivity index (χ3v) is 5.29. The standard InChI is InChI=1S/C18H24N2O/c1-4-8-18(9-5-1)14-19-10-11-20(18)13-16-12-15-6-2-3-7-17(15)21-16/h2-3,6-7,12,19H,1,4-5,8-11,13-14H2. The Morgan fingerprint density at radius 1 is 1.14 bits per heavy atom. The van der Waals surface area contributed by atoms with E-state index in [2.05, 4.69) is 34.5 Å². The molecular formula is C18H24N2O. The second kappa shape index (κ2) is 5.47. The molecule has 21 heavy (non-hydrogen) atoms. The normalized spacial score (nSPS) is 22.9. The number of nitrogens with one attached hydrogen (secondary N) is 1. The van der Waals surface area contributed by atoms with Crippen LogP contribution < -0.4 is 5.32 Å². The Kier molecular flexibility index (Phi) is 3.48. The summed E-state index contributed by atoms with van der Waals surface area (Å²) in [6.45, 7) is 4.34. The highest BCUT2D eigenvalue weighted by Crippen LogP contribution is 2.36. The first kappa shape index (κ1) is 13.4. The maximum absolute atomic E-state index is 6.04. The lowest BCUT2D eigenvalue weighted by Gasteiger charge is -2.49. The summed E-state index contributed by atoms with van der Waals surface area (Å²) in [5.74, 6) is 1.11. The zero-order chi connectivity index (χ0) is 14.1. The Hall–Kier alpha value is -1.32. The second-order valence-electron chi connectivity index (χ2n) is 6.63. The van der Waals surface area contributed by atoms with Gasteiger partial charge in [-0.05, 0) is 25.0 Å². The van der Waals surface area contributed by atoms with Crippen LogP contribution in [-0.4, -0.2) is 30.1 Å². The van der Waals surface area contributed by atoms with Crippen LogP contribution in [0.15, 0.2) is 34.7 Å². The molecule has 0 unspecified atom stereocenters. The van der Waals surface area contributed by atoms with Gasteiger partial charge in [0.2, 0.25) is 0 Å². The molecule has 2 aliphatic rings. The molecule has 0 bridgehead atoms. The first-order chi connectivity index (χ1) is 10.4. The lowest BCUT2D eigenvalue weighted by atomic mass is 9.79. The Balaban J connectivity index is 1.58. The van der Waals surface area contributed by atoms with E-state index in [0.29, 0.717) is 5.54 Å². The molecule has 1 spiro atoms. The highest BCUT2D eigenvalue weighted by atomic mass is 16.3. The van der Waals surface area contributed by atoms with E-state index in [4.69, 9.17) is 4.42 Å². The Morgan fingerprint density at radius 3 is 2.86 bits per heavy atom.